The van der Waals surface area contributed by atoms with E-state index in [-0.39, 0.29) is 4.47 Å². The Hall–Kier alpha value is -1.24. The molecule has 0 spiro atoms. The zero-order valence-electron chi connectivity index (χ0n) is 6.67. The van der Waals surface area contributed by atoms with Crippen molar-refractivity contribution in [1.29, 1.82) is 0 Å². The topological polar surface area (TPSA) is 52.4 Å². The van der Waals surface area contributed by atoms with E-state index in [0.717, 1.165) is 6.07 Å². The third kappa shape index (κ3) is 1.98. The number of benzene rings is 1. The fourth-order valence-corrected chi connectivity index (χ4v) is 1.27. The highest BCUT2D eigenvalue weighted by molar-refractivity contribution is 9.10. The van der Waals surface area contributed by atoms with E-state index in [9.17, 15) is 18.9 Å². The first-order valence-corrected chi connectivity index (χ1v) is 4.18. The van der Waals surface area contributed by atoms with Crippen LogP contribution in [0.2, 0.25) is 0 Å². The molecule has 0 N–H and O–H groups in total. The molecule has 14 heavy (non-hydrogen) atoms. The maximum Gasteiger partial charge on any atom is 0.308 e. The van der Waals surface area contributed by atoms with Crippen LogP contribution < -0.4 is 4.74 Å². The van der Waals surface area contributed by atoms with Gasteiger partial charge in [0.15, 0.2) is 5.75 Å². The molecule has 76 valence electrons. The summed E-state index contributed by atoms with van der Waals surface area (Å²) in [5, 5.41) is 10.3. The predicted octanol–water partition coefficient (Wildman–Crippen LogP) is 2.80. The van der Waals surface area contributed by atoms with Crippen molar-refractivity contribution in [2.24, 2.45) is 0 Å². The van der Waals surface area contributed by atoms with Gasteiger partial charge in [-0.15, -0.1) is 0 Å². The molecule has 0 aliphatic rings. The number of nitro benzene ring substituents is 1. The normalized spacial score (nSPS) is 9.93. The Balaban J connectivity index is 3.26. The molecule has 0 aliphatic carbocycles. The summed E-state index contributed by atoms with van der Waals surface area (Å²) in [6, 6.07) is 2.18. The average Bonchev–Trinajstić information content (AvgIpc) is 2.11. The van der Waals surface area contributed by atoms with Crippen molar-refractivity contribution in [3.05, 3.63) is 32.5 Å². The first kappa shape index (κ1) is 10.8. The third-order valence-corrected chi connectivity index (χ3v) is 2.05. The first-order chi connectivity index (χ1) is 6.57. The lowest BCUT2D eigenvalue weighted by Crippen LogP contribution is -1.99. The van der Waals surface area contributed by atoms with Crippen molar-refractivity contribution < 1.29 is 18.4 Å². The van der Waals surface area contributed by atoms with Gasteiger partial charge >= 0.3 is 5.69 Å². The standard InChI is InChI=1S/C7H4BrF2NO3/c8-4-1-2-5(11(12)13)6(10)7(4)14-3-9/h1-2H,3H2. The van der Waals surface area contributed by atoms with Crippen molar-refractivity contribution in [3.8, 4) is 5.75 Å². The summed E-state index contributed by atoms with van der Waals surface area (Å²) in [6.45, 7) is -1.25. The highest BCUT2D eigenvalue weighted by atomic mass is 79.9. The fourth-order valence-electron chi connectivity index (χ4n) is 0.850. The maximum atomic E-state index is 13.2. The summed E-state index contributed by atoms with van der Waals surface area (Å²) in [4.78, 5) is 9.38. The number of nitro groups is 1. The molecule has 0 saturated heterocycles. The summed E-state index contributed by atoms with van der Waals surface area (Å²) < 4.78 is 29.4. The highest BCUT2D eigenvalue weighted by Crippen LogP contribution is 2.33. The lowest BCUT2D eigenvalue weighted by Gasteiger charge is -2.04. The number of alkyl halides is 1. The quantitative estimate of drug-likeness (QED) is 0.625. The second kappa shape index (κ2) is 4.32. The number of rotatable bonds is 3. The van der Waals surface area contributed by atoms with Gasteiger partial charge in [-0.3, -0.25) is 10.1 Å². The number of ether oxygens (including phenoxy) is 1. The van der Waals surface area contributed by atoms with Crippen LogP contribution in [0.15, 0.2) is 16.6 Å². The van der Waals surface area contributed by atoms with Crippen LogP contribution in [0.4, 0.5) is 14.5 Å². The Morgan fingerprint density at radius 1 is 1.57 bits per heavy atom. The van der Waals surface area contributed by atoms with E-state index in [0.29, 0.717) is 0 Å². The molecule has 0 atom stereocenters. The minimum absolute atomic E-state index is 0.123. The summed E-state index contributed by atoms with van der Waals surface area (Å²) in [7, 11) is 0. The van der Waals surface area contributed by atoms with Gasteiger partial charge in [-0.2, -0.15) is 4.39 Å². The van der Waals surface area contributed by atoms with Gasteiger partial charge in [0.25, 0.3) is 0 Å². The zero-order valence-corrected chi connectivity index (χ0v) is 8.25. The van der Waals surface area contributed by atoms with Crippen LogP contribution in [-0.2, 0) is 0 Å². The molecular weight excluding hydrogens is 264 g/mol. The Morgan fingerprint density at radius 2 is 2.21 bits per heavy atom. The first-order valence-electron chi connectivity index (χ1n) is 3.39. The number of nitrogens with zero attached hydrogens (tertiary/aromatic N) is 1. The molecule has 4 nitrogen and oxygen atoms in total. The van der Waals surface area contributed by atoms with Crippen molar-refractivity contribution in [2.45, 2.75) is 0 Å². The SMILES string of the molecule is O=[N+]([O-])c1ccc(Br)c(OCF)c1F. The predicted molar refractivity (Wildman–Crippen MR) is 47.4 cm³/mol. The summed E-state index contributed by atoms with van der Waals surface area (Å²) in [6.07, 6.45) is 0. The average molecular weight is 268 g/mol. The van der Waals surface area contributed by atoms with Crippen molar-refractivity contribution in [2.75, 3.05) is 6.86 Å². The van der Waals surface area contributed by atoms with Crippen LogP contribution in [0.5, 0.6) is 5.75 Å². The van der Waals surface area contributed by atoms with Crippen molar-refractivity contribution in [3.63, 3.8) is 0 Å². The molecule has 1 aromatic carbocycles. The number of halogens is 3. The summed E-state index contributed by atoms with van der Waals surface area (Å²) in [5.74, 6) is -1.69. The van der Waals surface area contributed by atoms with Gasteiger partial charge < -0.3 is 4.74 Å². The lowest BCUT2D eigenvalue weighted by atomic mass is 10.3. The van der Waals surface area contributed by atoms with E-state index in [4.69, 9.17) is 0 Å². The van der Waals surface area contributed by atoms with Gasteiger partial charge in [-0.1, -0.05) is 0 Å². The fraction of sp³-hybridized carbons (Fsp3) is 0.143. The van der Waals surface area contributed by atoms with Gasteiger partial charge in [0.1, 0.15) is 0 Å². The number of hydrogen-bond donors (Lipinski definition) is 0. The highest BCUT2D eigenvalue weighted by Gasteiger charge is 2.21. The molecule has 1 aromatic rings. The minimum Gasteiger partial charge on any atom is -0.458 e. The molecule has 0 radical (unpaired) electrons. The largest absolute Gasteiger partial charge is 0.458 e. The Labute approximate surface area is 85.8 Å². The van der Waals surface area contributed by atoms with E-state index in [2.05, 4.69) is 20.7 Å². The van der Waals surface area contributed by atoms with Crippen LogP contribution >= 0.6 is 15.9 Å². The van der Waals surface area contributed by atoms with Crippen LogP contribution in [0, 0.1) is 15.9 Å². The molecule has 0 aliphatic heterocycles. The third-order valence-electron chi connectivity index (χ3n) is 1.42. The second-order valence-electron chi connectivity index (χ2n) is 2.22. The lowest BCUT2D eigenvalue weighted by molar-refractivity contribution is -0.387. The second-order valence-corrected chi connectivity index (χ2v) is 3.07. The van der Waals surface area contributed by atoms with Crippen LogP contribution in [0.3, 0.4) is 0 Å². The van der Waals surface area contributed by atoms with Crippen LogP contribution in [0.1, 0.15) is 0 Å². The molecule has 7 heteroatoms. The molecule has 0 unspecified atom stereocenters. The molecule has 0 heterocycles. The van der Waals surface area contributed by atoms with Gasteiger partial charge in [0, 0.05) is 6.07 Å². The Bertz CT molecular complexity index is 372. The van der Waals surface area contributed by atoms with E-state index >= 15 is 0 Å². The zero-order chi connectivity index (χ0) is 10.7. The molecular formula is C7H4BrF2NO3. The van der Waals surface area contributed by atoms with E-state index < -0.39 is 29.0 Å². The molecule has 0 bridgehead atoms. The van der Waals surface area contributed by atoms with Gasteiger partial charge in [-0.05, 0) is 22.0 Å². The summed E-state index contributed by atoms with van der Waals surface area (Å²) >= 11 is 2.88. The molecule has 0 saturated carbocycles. The smallest absolute Gasteiger partial charge is 0.308 e. The molecule has 1 rings (SSSR count). The Kier molecular flexibility index (Phi) is 3.34. The van der Waals surface area contributed by atoms with E-state index in [1.165, 1.54) is 6.07 Å². The van der Waals surface area contributed by atoms with Gasteiger partial charge in [0.2, 0.25) is 12.7 Å². The van der Waals surface area contributed by atoms with Crippen LogP contribution in [-0.4, -0.2) is 11.8 Å². The van der Waals surface area contributed by atoms with Gasteiger partial charge in [0.05, 0.1) is 9.40 Å². The van der Waals surface area contributed by atoms with E-state index in [1.807, 2.05) is 0 Å². The minimum atomic E-state index is -1.25. The van der Waals surface area contributed by atoms with E-state index in [1.54, 1.807) is 0 Å². The number of hydrogen-bond acceptors (Lipinski definition) is 3. The molecule has 0 aromatic heterocycles. The Morgan fingerprint density at radius 3 is 2.71 bits per heavy atom. The van der Waals surface area contributed by atoms with Crippen molar-refractivity contribution >= 4 is 21.6 Å². The van der Waals surface area contributed by atoms with Gasteiger partial charge in [-0.25, -0.2) is 4.39 Å². The van der Waals surface area contributed by atoms with Crippen molar-refractivity contribution in [1.82, 2.24) is 0 Å². The van der Waals surface area contributed by atoms with Crippen LogP contribution in [0.25, 0.3) is 0 Å². The molecule has 0 amide bonds. The molecule has 0 fully saturated rings. The monoisotopic (exact) mass is 267 g/mol. The summed E-state index contributed by atoms with van der Waals surface area (Å²) in [5.41, 5.74) is -0.753. The maximum absolute atomic E-state index is 13.2.